The molecule has 0 aliphatic heterocycles. The van der Waals surface area contributed by atoms with E-state index in [1.807, 2.05) is 42.7 Å². The fourth-order valence-corrected chi connectivity index (χ4v) is 4.59. The van der Waals surface area contributed by atoms with E-state index >= 15 is 0 Å². The molecule has 0 saturated carbocycles. The topological polar surface area (TPSA) is 68.0 Å². The van der Waals surface area contributed by atoms with E-state index in [0.717, 1.165) is 33.1 Å². The Morgan fingerprint density at radius 3 is 2.50 bits per heavy atom. The van der Waals surface area contributed by atoms with E-state index in [1.165, 1.54) is 4.88 Å². The van der Waals surface area contributed by atoms with Crippen LogP contribution in [-0.2, 0) is 4.79 Å². The summed E-state index contributed by atoms with van der Waals surface area (Å²) in [5.41, 5.74) is 4.04. The van der Waals surface area contributed by atoms with Crippen LogP contribution in [0.5, 0.6) is 0 Å². The first-order chi connectivity index (χ1) is 13.2. The highest BCUT2D eigenvalue weighted by atomic mass is 35.5. The van der Waals surface area contributed by atoms with E-state index in [1.54, 1.807) is 11.3 Å². The van der Waals surface area contributed by atoms with Gasteiger partial charge in [0, 0.05) is 21.4 Å². The first-order valence-corrected chi connectivity index (χ1v) is 10.1. The van der Waals surface area contributed by atoms with Crippen LogP contribution in [0.3, 0.4) is 0 Å². The maximum absolute atomic E-state index is 11.2. The zero-order valence-electron chi connectivity index (χ0n) is 16.3. The van der Waals surface area contributed by atoms with Gasteiger partial charge >= 0.3 is 5.97 Å². The van der Waals surface area contributed by atoms with Crippen LogP contribution in [0.15, 0.2) is 30.8 Å². The number of carboxylic acids is 1. The lowest BCUT2D eigenvalue weighted by molar-refractivity contribution is -0.137. The van der Waals surface area contributed by atoms with E-state index in [4.69, 9.17) is 11.6 Å². The Morgan fingerprint density at radius 1 is 1.25 bits per heavy atom. The quantitative estimate of drug-likeness (QED) is 0.573. The van der Waals surface area contributed by atoms with Gasteiger partial charge in [0.05, 0.1) is 6.42 Å². The number of carboxylic acid groups (broad SMARTS) is 1. The number of hydrogen-bond donors (Lipinski definition) is 1. The Labute approximate surface area is 173 Å². The summed E-state index contributed by atoms with van der Waals surface area (Å²) in [5, 5.41) is 19.3. The average Bonchev–Trinajstić information content (AvgIpc) is 3.14. The van der Waals surface area contributed by atoms with Gasteiger partial charge in [-0.3, -0.25) is 9.36 Å². The molecule has 0 spiro atoms. The monoisotopic (exact) mass is 415 g/mol. The van der Waals surface area contributed by atoms with Crippen molar-refractivity contribution in [2.75, 3.05) is 0 Å². The minimum absolute atomic E-state index is 0.00502. The Balaban J connectivity index is 2.16. The second-order valence-electron chi connectivity index (χ2n) is 6.89. The van der Waals surface area contributed by atoms with Gasteiger partial charge in [0.25, 0.3) is 0 Å². The van der Waals surface area contributed by atoms with Crippen molar-refractivity contribution in [3.8, 4) is 5.00 Å². The molecule has 0 aliphatic carbocycles. The van der Waals surface area contributed by atoms with Crippen molar-refractivity contribution in [2.45, 2.75) is 40.0 Å². The highest BCUT2D eigenvalue weighted by molar-refractivity contribution is 7.15. The number of aromatic nitrogens is 3. The lowest BCUT2D eigenvalue weighted by Crippen LogP contribution is -2.10. The zero-order chi connectivity index (χ0) is 20.6. The molecule has 1 unspecified atom stereocenters. The summed E-state index contributed by atoms with van der Waals surface area (Å²) < 4.78 is 1.97. The van der Waals surface area contributed by atoms with Gasteiger partial charge in [-0.1, -0.05) is 37.2 Å². The molecule has 0 fully saturated rings. The fourth-order valence-electron chi connectivity index (χ4n) is 3.22. The number of nitrogens with zero attached hydrogens (tertiary/aromatic N) is 3. The number of rotatable bonds is 6. The van der Waals surface area contributed by atoms with Gasteiger partial charge in [0.1, 0.15) is 16.6 Å². The van der Waals surface area contributed by atoms with Crippen molar-refractivity contribution in [2.24, 2.45) is 0 Å². The Hall–Kier alpha value is -2.44. The molecule has 2 aromatic heterocycles. The van der Waals surface area contributed by atoms with Crippen LogP contribution < -0.4 is 0 Å². The summed E-state index contributed by atoms with van der Waals surface area (Å²) in [4.78, 5) is 12.4. The summed E-state index contributed by atoms with van der Waals surface area (Å²) in [5.74, 6) is 0.243. The standard InChI is InChI=1S/C21H22ClN3O2S/c1-11(10-18(26)27)20-24-23-15(5)25(20)21-19(12(2)14(4)28-21)13(3)16-6-8-17(22)9-7-16/h6-9,11H,3,10H2,1-2,4-5H3,(H,26,27). The normalized spacial score (nSPS) is 12.2. The number of benzene rings is 1. The van der Waals surface area contributed by atoms with Crippen molar-refractivity contribution in [1.29, 1.82) is 0 Å². The molecule has 0 aliphatic rings. The molecule has 2 heterocycles. The van der Waals surface area contributed by atoms with Crippen LogP contribution in [0.4, 0.5) is 0 Å². The average molecular weight is 416 g/mol. The molecule has 3 aromatic rings. The minimum atomic E-state index is -0.857. The second-order valence-corrected chi connectivity index (χ2v) is 8.53. The highest BCUT2D eigenvalue weighted by Crippen LogP contribution is 2.39. The Morgan fingerprint density at radius 2 is 1.89 bits per heavy atom. The van der Waals surface area contributed by atoms with E-state index < -0.39 is 5.97 Å². The van der Waals surface area contributed by atoms with E-state index in [2.05, 4.69) is 30.6 Å². The summed E-state index contributed by atoms with van der Waals surface area (Å²) in [6.45, 7) is 12.2. The molecule has 3 rings (SSSR count). The van der Waals surface area contributed by atoms with Crippen LogP contribution in [0.1, 0.15) is 52.5 Å². The molecule has 1 atom stereocenters. The number of aryl methyl sites for hydroxylation is 2. The molecular weight excluding hydrogens is 394 g/mol. The predicted octanol–water partition coefficient (Wildman–Crippen LogP) is 5.55. The number of halogens is 1. The smallest absolute Gasteiger partial charge is 0.304 e. The van der Waals surface area contributed by atoms with Crippen molar-refractivity contribution >= 4 is 34.5 Å². The van der Waals surface area contributed by atoms with E-state index in [0.29, 0.717) is 10.8 Å². The van der Waals surface area contributed by atoms with Crippen LogP contribution in [-0.4, -0.2) is 25.8 Å². The van der Waals surface area contributed by atoms with Crippen LogP contribution in [0.25, 0.3) is 10.6 Å². The molecule has 0 amide bonds. The Bertz CT molecular complexity index is 1050. The molecule has 1 N–H and O–H groups in total. The van der Waals surface area contributed by atoms with Gasteiger partial charge in [-0.15, -0.1) is 21.5 Å². The third-order valence-electron chi connectivity index (χ3n) is 4.84. The molecule has 0 radical (unpaired) electrons. The lowest BCUT2D eigenvalue weighted by Gasteiger charge is -2.15. The molecule has 146 valence electrons. The van der Waals surface area contributed by atoms with Gasteiger partial charge in [0.15, 0.2) is 0 Å². The van der Waals surface area contributed by atoms with E-state index in [-0.39, 0.29) is 12.3 Å². The summed E-state index contributed by atoms with van der Waals surface area (Å²) >= 11 is 7.67. The third kappa shape index (κ3) is 3.75. The summed E-state index contributed by atoms with van der Waals surface area (Å²) in [7, 11) is 0. The molecule has 0 bridgehead atoms. The lowest BCUT2D eigenvalue weighted by atomic mass is 9.97. The predicted molar refractivity (Wildman–Crippen MR) is 114 cm³/mol. The van der Waals surface area contributed by atoms with Gasteiger partial charge in [-0.2, -0.15) is 0 Å². The molecule has 28 heavy (non-hydrogen) atoms. The second kappa shape index (κ2) is 7.89. The van der Waals surface area contributed by atoms with Crippen molar-refractivity contribution < 1.29 is 9.90 Å². The maximum atomic E-state index is 11.2. The van der Waals surface area contributed by atoms with Crippen molar-refractivity contribution in [1.82, 2.24) is 14.8 Å². The molecule has 0 saturated heterocycles. The van der Waals surface area contributed by atoms with Crippen LogP contribution in [0, 0.1) is 20.8 Å². The molecule has 7 heteroatoms. The first-order valence-electron chi connectivity index (χ1n) is 8.90. The van der Waals surface area contributed by atoms with E-state index in [9.17, 15) is 9.90 Å². The fraction of sp³-hybridized carbons (Fsp3) is 0.286. The minimum Gasteiger partial charge on any atom is -0.481 e. The van der Waals surface area contributed by atoms with Crippen LogP contribution >= 0.6 is 22.9 Å². The van der Waals surface area contributed by atoms with Crippen molar-refractivity contribution in [3.63, 3.8) is 0 Å². The number of aliphatic carboxylic acids is 1. The van der Waals surface area contributed by atoms with Gasteiger partial charge in [0.2, 0.25) is 0 Å². The summed E-state index contributed by atoms with van der Waals surface area (Å²) in [6.07, 6.45) is -0.00502. The molecule has 5 nitrogen and oxygen atoms in total. The van der Waals surface area contributed by atoms with Crippen molar-refractivity contribution in [3.05, 3.63) is 69.1 Å². The maximum Gasteiger partial charge on any atom is 0.304 e. The SMILES string of the molecule is C=C(c1ccc(Cl)cc1)c1c(-n2c(C)nnc2C(C)CC(=O)O)sc(C)c1C. The molecular formula is C21H22ClN3O2S. The summed E-state index contributed by atoms with van der Waals surface area (Å²) in [6, 6.07) is 7.60. The third-order valence-corrected chi connectivity index (χ3v) is 6.28. The number of carbonyl (C=O) groups is 1. The number of hydrogen-bond acceptors (Lipinski definition) is 4. The molecule has 1 aromatic carbocycles. The number of thiophene rings is 1. The van der Waals surface area contributed by atoms with Gasteiger partial charge < -0.3 is 5.11 Å². The van der Waals surface area contributed by atoms with Crippen LogP contribution in [0.2, 0.25) is 5.02 Å². The van der Waals surface area contributed by atoms with Gasteiger partial charge in [-0.25, -0.2) is 0 Å². The first kappa shape index (κ1) is 20.3. The largest absolute Gasteiger partial charge is 0.481 e. The zero-order valence-corrected chi connectivity index (χ0v) is 17.9. The Kier molecular flexibility index (Phi) is 5.72. The highest BCUT2D eigenvalue weighted by Gasteiger charge is 2.25. The van der Waals surface area contributed by atoms with Gasteiger partial charge in [-0.05, 0) is 49.6 Å².